The van der Waals surface area contributed by atoms with Gasteiger partial charge in [-0.1, -0.05) is 115 Å². The van der Waals surface area contributed by atoms with E-state index in [0.29, 0.717) is 18.9 Å². The summed E-state index contributed by atoms with van der Waals surface area (Å²) >= 11 is 0. The summed E-state index contributed by atoms with van der Waals surface area (Å²) in [4.78, 5) is 14.2. The third-order valence-corrected chi connectivity index (χ3v) is 6.21. The first kappa shape index (κ1) is 24.8. The van der Waals surface area contributed by atoms with Gasteiger partial charge >= 0.3 is 0 Å². The van der Waals surface area contributed by atoms with Gasteiger partial charge in [-0.05, 0) is 18.6 Å². The molecule has 1 saturated heterocycles. The summed E-state index contributed by atoms with van der Waals surface area (Å²) in [6.07, 6.45) is 21.1. The second-order valence-electron chi connectivity index (χ2n) is 9.02. The van der Waals surface area contributed by atoms with Gasteiger partial charge in [-0.3, -0.25) is 4.79 Å². The quantitative estimate of drug-likeness (QED) is 0.172. The molecule has 2 rings (SSSR count). The van der Waals surface area contributed by atoms with Crippen LogP contribution in [0.3, 0.4) is 0 Å². The molecule has 1 aliphatic heterocycles. The molecule has 170 valence electrons. The van der Waals surface area contributed by atoms with Gasteiger partial charge in [-0.25, -0.2) is 0 Å². The van der Waals surface area contributed by atoms with Crippen LogP contribution in [0.15, 0.2) is 30.3 Å². The second-order valence-corrected chi connectivity index (χ2v) is 9.02. The topological polar surface area (TPSA) is 29.3 Å². The van der Waals surface area contributed by atoms with E-state index < -0.39 is 0 Å². The molecule has 0 saturated carbocycles. The number of hydrogen-bond acceptors (Lipinski definition) is 2. The van der Waals surface area contributed by atoms with Gasteiger partial charge in [-0.2, -0.15) is 0 Å². The smallest absolute Gasteiger partial charge is 0.223 e. The third-order valence-electron chi connectivity index (χ3n) is 6.21. The number of nitrogens with zero attached hydrogens (tertiary/aromatic N) is 1. The van der Waals surface area contributed by atoms with E-state index in [1.807, 2.05) is 35.2 Å². The molecule has 3 nitrogen and oxygen atoms in total. The summed E-state index contributed by atoms with van der Waals surface area (Å²) in [6.45, 7) is 3.77. The van der Waals surface area contributed by atoms with E-state index in [1.54, 1.807) is 0 Å². The molecule has 1 fully saturated rings. The number of benzene rings is 1. The zero-order chi connectivity index (χ0) is 21.3. The van der Waals surface area contributed by atoms with E-state index in [2.05, 4.69) is 6.92 Å². The maximum atomic E-state index is 12.2. The van der Waals surface area contributed by atoms with Gasteiger partial charge in [0, 0.05) is 13.0 Å². The van der Waals surface area contributed by atoms with E-state index in [1.165, 1.54) is 89.9 Å². The Bertz CT molecular complexity index is 545. The fourth-order valence-electron chi connectivity index (χ4n) is 4.13. The Morgan fingerprint density at radius 2 is 1.30 bits per heavy atom. The number of ether oxygens (including phenoxy) is 1. The molecule has 1 amide bonds. The van der Waals surface area contributed by atoms with E-state index >= 15 is 0 Å². The van der Waals surface area contributed by atoms with Crippen LogP contribution in [-0.2, 0) is 4.79 Å². The highest BCUT2D eigenvalue weighted by Crippen LogP contribution is 2.22. The average molecular weight is 416 g/mol. The van der Waals surface area contributed by atoms with Crippen molar-refractivity contribution < 1.29 is 9.53 Å². The molecular weight excluding hydrogens is 370 g/mol. The molecule has 3 heteroatoms. The number of para-hydroxylation sites is 1. The predicted octanol–water partition coefficient (Wildman–Crippen LogP) is 7.54. The molecule has 1 aromatic rings. The second kappa shape index (κ2) is 16.2. The van der Waals surface area contributed by atoms with Crippen molar-refractivity contribution in [1.29, 1.82) is 0 Å². The van der Waals surface area contributed by atoms with Crippen LogP contribution in [0, 0.1) is 0 Å². The van der Waals surface area contributed by atoms with Crippen molar-refractivity contribution in [1.82, 2.24) is 4.90 Å². The largest absolute Gasteiger partial charge is 0.491 e. The monoisotopic (exact) mass is 415 g/mol. The molecule has 0 aromatic heterocycles. The normalized spacial score (nSPS) is 15.4. The Hall–Kier alpha value is -1.51. The summed E-state index contributed by atoms with van der Waals surface area (Å²) in [5.74, 6) is 1.20. The SMILES string of the molecule is CCCCCCCCCCCCCCCCCC(=O)N1C[C@H]1COc1ccccc1. The van der Waals surface area contributed by atoms with E-state index in [0.717, 1.165) is 18.7 Å². The highest BCUT2D eigenvalue weighted by atomic mass is 16.5. The van der Waals surface area contributed by atoms with Crippen molar-refractivity contribution in [3.05, 3.63) is 30.3 Å². The molecule has 30 heavy (non-hydrogen) atoms. The lowest BCUT2D eigenvalue weighted by Crippen LogP contribution is -2.17. The fourth-order valence-corrected chi connectivity index (χ4v) is 4.13. The summed E-state index contributed by atoms with van der Waals surface area (Å²) in [7, 11) is 0. The Kier molecular flexibility index (Phi) is 13.4. The van der Waals surface area contributed by atoms with Gasteiger partial charge in [-0.15, -0.1) is 0 Å². The van der Waals surface area contributed by atoms with Gasteiger partial charge in [0.2, 0.25) is 5.91 Å². The van der Waals surface area contributed by atoms with Crippen LogP contribution in [0.4, 0.5) is 0 Å². The fraction of sp³-hybridized carbons (Fsp3) is 0.741. The molecule has 0 bridgehead atoms. The van der Waals surface area contributed by atoms with Crippen LogP contribution in [0.5, 0.6) is 5.75 Å². The number of rotatable bonds is 19. The molecule has 1 heterocycles. The Labute approximate surface area is 185 Å². The first-order valence-electron chi connectivity index (χ1n) is 12.8. The molecule has 1 aromatic carbocycles. The first-order valence-corrected chi connectivity index (χ1v) is 12.8. The number of carbonyl (C=O) groups excluding carboxylic acids is 1. The van der Waals surface area contributed by atoms with Crippen LogP contribution in [0.1, 0.15) is 110 Å². The van der Waals surface area contributed by atoms with Crippen LogP contribution in [-0.4, -0.2) is 30.0 Å². The first-order chi connectivity index (χ1) is 14.8. The predicted molar refractivity (Wildman–Crippen MR) is 127 cm³/mol. The molecule has 0 N–H and O–H groups in total. The van der Waals surface area contributed by atoms with Gasteiger partial charge < -0.3 is 9.64 Å². The van der Waals surface area contributed by atoms with Crippen LogP contribution in [0.2, 0.25) is 0 Å². The zero-order valence-electron chi connectivity index (χ0n) is 19.5. The van der Waals surface area contributed by atoms with Gasteiger partial charge in [0.1, 0.15) is 12.4 Å². The highest BCUT2D eigenvalue weighted by Gasteiger charge is 2.38. The van der Waals surface area contributed by atoms with Crippen molar-refractivity contribution in [2.75, 3.05) is 13.2 Å². The zero-order valence-corrected chi connectivity index (χ0v) is 19.5. The molecule has 0 unspecified atom stereocenters. The minimum Gasteiger partial charge on any atom is -0.491 e. The van der Waals surface area contributed by atoms with Gasteiger partial charge in [0.25, 0.3) is 0 Å². The number of amides is 1. The minimum atomic E-state index is 0.286. The summed E-state index contributed by atoms with van der Waals surface area (Å²) < 4.78 is 5.75. The average Bonchev–Trinajstić information content (AvgIpc) is 3.55. The number of hydrogen-bond donors (Lipinski definition) is 0. The van der Waals surface area contributed by atoms with Gasteiger partial charge in [0.05, 0.1) is 6.04 Å². The van der Waals surface area contributed by atoms with Crippen molar-refractivity contribution in [3.63, 3.8) is 0 Å². The van der Waals surface area contributed by atoms with Crippen LogP contribution in [0.25, 0.3) is 0 Å². The van der Waals surface area contributed by atoms with E-state index in [9.17, 15) is 4.79 Å². The minimum absolute atomic E-state index is 0.286. The van der Waals surface area contributed by atoms with E-state index in [4.69, 9.17) is 4.74 Å². The lowest BCUT2D eigenvalue weighted by molar-refractivity contribution is -0.126. The maximum Gasteiger partial charge on any atom is 0.223 e. The molecule has 1 atom stereocenters. The molecule has 0 spiro atoms. The molecule has 0 radical (unpaired) electrons. The Morgan fingerprint density at radius 1 is 0.800 bits per heavy atom. The van der Waals surface area contributed by atoms with Crippen molar-refractivity contribution >= 4 is 5.91 Å². The molecular formula is C27H45NO2. The van der Waals surface area contributed by atoms with E-state index in [-0.39, 0.29) is 6.04 Å². The lowest BCUT2D eigenvalue weighted by atomic mass is 10.0. The number of carbonyl (C=O) groups is 1. The summed E-state index contributed by atoms with van der Waals surface area (Å²) in [5, 5.41) is 0. The molecule has 1 aliphatic rings. The highest BCUT2D eigenvalue weighted by molar-refractivity contribution is 5.78. The van der Waals surface area contributed by atoms with Crippen LogP contribution >= 0.6 is 0 Å². The van der Waals surface area contributed by atoms with Crippen molar-refractivity contribution in [2.45, 2.75) is 116 Å². The number of unbranched alkanes of at least 4 members (excludes halogenated alkanes) is 14. The van der Waals surface area contributed by atoms with Crippen molar-refractivity contribution in [3.8, 4) is 5.75 Å². The standard InChI is InChI=1S/C27H45NO2/c1-2-3-4-5-6-7-8-9-10-11-12-13-14-15-19-22-27(29)28-23-25(28)24-30-26-20-17-16-18-21-26/h16-18,20-21,25H,2-15,19,22-24H2,1H3/t25-,28?/m0/s1. The molecule has 0 aliphatic carbocycles. The third kappa shape index (κ3) is 11.6. The summed E-state index contributed by atoms with van der Waals surface area (Å²) in [5.41, 5.74) is 0. The van der Waals surface area contributed by atoms with Gasteiger partial charge in [0.15, 0.2) is 0 Å². The summed E-state index contributed by atoms with van der Waals surface area (Å²) in [6, 6.07) is 10.1. The maximum absolute atomic E-state index is 12.2. The Balaban J connectivity index is 1.31. The Morgan fingerprint density at radius 3 is 1.83 bits per heavy atom. The van der Waals surface area contributed by atoms with Crippen molar-refractivity contribution in [2.24, 2.45) is 0 Å². The lowest BCUT2D eigenvalue weighted by Gasteiger charge is -2.07. The van der Waals surface area contributed by atoms with Crippen LogP contribution < -0.4 is 4.74 Å².